The minimum Gasteiger partial charge on any atom is -0.486 e. The third-order valence-electron chi connectivity index (χ3n) is 6.96. The minimum atomic E-state index is 0. The quantitative estimate of drug-likeness (QED) is 0.168. The van der Waals surface area contributed by atoms with E-state index in [1.165, 1.54) is 32.3 Å². The van der Waals surface area contributed by atoms with E-state index < -0.39 is 0 Å². The van der Waals surface area contributed by atoms with Crippen LogP contribution in [0.15, 0.2) is 76.8 Å². The number of pyridine rings is 3. The molecule has 0 bridgehead atoms. The molecule has 0 unspecified atom stereocenters. The Morgan fingerprint density at radius 2 is 1.57 bits per heavy atom. The van der Waals surface area contributed by atoms with Crippen molar-refractivity contribution < 1.29 is 24.5 Å². The van der Waals surface area contributed by atoms with Crippen LogP contribution in [0.1, 0.15) is 27.9 Å². The van der Waals surface area contributed by atoms with Gasteiger partial charge in [0.1, 0.15) is 0 Å². The van der Waals surface area contributed by atoms with Gasteiger partial charge in [-0.15, -0.1) is 64.9 Å². The van der Waals surface area contributed by atoms with Crippen molar-refractivity contribution in [3.05, 3.63) is 112 Å². The number of rotatable bonds is 2. The zero-order valence-electron chi connectivity index (χ0n) is 22.9. The summed E-state index contributed by atoms with van der Waals surface area (Å²) < 4.78 is 7.29. The fourth-order valence-electron chi connectivity index (χ4n) is 4.52. The molecule has 0 aliphatic heterocycles. The SMILES string of the molecule is Cc1c[c-]c(-c2cc(C)c(C)cn2)cc1.Cc1ccc2c(n1)oc1c(-c3cc4scc(C)c4cn3)[c-]ccc12.[Ir]. The van der Waals surface area contributed by atoms with Crippen LogP contribution in [-0.4, -0.2) is 15.0 Å². The van der Waals surface area contributed by atoms with Crippen LogP contribution in [0.3, 0.4) is 0 Å². The Kier molecular flexibility index (Phi) is 7.95. The van der Waals surface area contributed by atoms with Gasteiger partial charge in [0, 0.05) is 53.7 Å². The van der Waals surface area contributed by atoms with Gasteiger partial charge in [-0.05, 0) is 67.7 Å². The fraction of sp³-hybridized carbons (Fsp3) is 0.147. The zero-order valence-corrected chi connectivity index (χ0v) is 26.1. The molecule has 0 fully saturated rings. The van der Waals surface area contributed by atoms with Gasteiger partial charge in [-0.3, -0.25) is 0 Å². The first-order valence-corrected chi connectivity index (χ1v) is 13.7. The van der Waals surface area contributed by atoms with E-state index in [-0.39, 0.29) is 20.1 Å². The summed E-state index contributed by atoms with van der Waals surface area (Å²) in [5.74, 6) is 0. The zero-order chi connectivity index (χ0) is 27.1. The number of aromatic nitrogens is 3. The van der Waals surface area contributed by atoms with Crippen molar-refractivity contribution in [3.8, 4) is 22.5 Å². The maximum Gasteiger partial charge on any atom is 0.216 e. The van der Waals surface area contributed by atoms with Gasteiger partial charge < -0.3 is 14.4 Å². The Morgan fingerprint density at radius 3 is 2.35 bits per heavy atom. The number of benzene rings is 2. The van der Waals surface area contributed by atoms with Crippen LogP contribution in [0.4, 0.5) is 0 Å². The number of fused-ring (bicyclic) bond motifs is 4. The first-order chi connectivity index (χ1) is 18.9. The third-order valence-corrected chi connectivity index (χ3v) is 8.03. The van der Waals surface area contributed by atoms with Crippen LogP contribution in [-0.2, 0) is 20.1 Å². The average molecular weight is 718 g/mol. The molecule has 4 nitrogen and oxygen atoms in total. The molecular formula is C34H27IrN3OS-2. The molecule has 5 aromatic heterocycles. The van der Waals surface area contributed by atoms with Crippen LogP contribution in [0, 0.1) is 46.8 Å². The molecule has 2 aromatic carbocycles. The molecule has 0 aliphatic carbocycles. The first kappa shape index (κ1) is 27.9. The Balaban J connectivity index is 0.000000175. The molecule has 0 spiro atoms. The summed E-state index contributed by atoms with van der Waals surface area (Å²) >= 11 is 1.74. The summed E-state index contributed by atoms with van der Waals surface area (Å²) in [7, 11) is 0. The van der Waals surface area contributed by atoms with Crippen LogP contribution < -0.4 is 0 Å². The summed E-state index contributed by atoms with van der Waals surface area (Å²) in [6, 6.07) is 24.9. The van der Waals surface area contributed by atoms with E-state index in [9.17, 15) is 0 Å². The molecule has 5 heterocycles. The number of nitrogens with zero attached hydrogens (tertiary/aromatic N) is 3. The normalized spacial score (nSPS) is 10.9. The Labute approximate surface area is 251 Å². The number of furan rings is 1. The summed E-state index contributed by atoms with van der Waals surface area (Å²) in [5, 5.41) is 5.45. The predicted octanol–water partition coefficient (Wildman–Crippen LogP) is 9.15. The molecule has 0 N–H and O–H groups in total. The topological polar surface area (TPSA) is 51.8 Å². The van der Waals surface area contributed by atoms with Crippen LogP contribution in [0.2, 0.25) is 0 Å². The maximum absolute atomic E-state index is 6.06. The standard InChI is InChI=1S/C20H13N2OS.C14H14N.Ir/c1-11-10-24-18-8-17(21-9-16(11)18)15-5-3-4-13-14-7-6-12(2)22-20(14)23-19(13)15;1-10-4-6-13(7-5-10)14-8-11(2)12(3)9-15-14;/h3-4,6-10H,1-2H3;4-6,8-9H,1-3H3;/q2*-1;. The van der Waals surface area contributed by atoms with Crippen molar-refractivity contribution >= 4 is 43.5 Å². The second-order valence-electron chi connectivity index (χ2n) is 9.92. The molecule has 1 radical (unpaired) electrons. The van der Waals surface area contributed by atoms with Gasteiger partial charge in [0.2, 0.25) is 5.71 Å². The average Bonchev–Trinajstić information content (AvgIpc) is 3.50. The molecule has 0 saturated carbocycles. The minimum absolute atomic E-state index is 0. The van der Waals surface area contributed by atoms with Gasteiger partial charge in [-0.2, -0.15) is 0 Å². The van der Waals surface area contributed by atoms with E-state index >= 15 is 0 Å². The van der Waals surface area contributed by atoms with Crippen LogP contribution in [0.5, 0.6) is 0 Å². The number of hydrogen-bond donors (Lipinski definition) is 0. The Bertz CT molecular complexity index is 1970. The number of thiophene rings is 1. The van der Waals surface area contributed by atoms with Crippen molar-refractivity contribution in [1.29, 1.82) is 0 Å². The third kappa shape index (κ3) is 5.35. The number of aryl methyl sites for hydroxylation is 5. The summed E-state index contributed by atoms with van der Waals surface area (Å²) in [6.45, 7) is 10.3. The molecule has 6 heteroatoms. The van der Waals surface area contributed by atoms with E-state index in [1.807, 2.05) is 43.6 Å². The van der Waals surface area contributed by atoms with E-state index in [4.69, 9.17) is 4.42 Å². The molecule has 0 aliphatic rings. The van der Waals surface area contributed by atoms with Crippen molar-refractivity contribution in [2.75, 3.05) is 0 Å². The monoisotopic (exact) mass is 718 g/mol. The Hall–Kier alpha value is -3.70. The molecule has 7 aromatic rings. The predicted molar refractivity (Wildman–Crippen MR) is 161 cm³/mol. The fourth-order valence-corrected chi connectivity index (χ4v) is 5.47. The summed E-state index contributed by atoms with van der Waals surface area (Å²) in [6.07, 6.45) is 3.85. The van der Waals surface area contributed by atoms with Crippen molar-refractivity contribution in [1.82, 2.24) is 15.0 Å². The maximum atomic E-state index is 6.06. The molecule has 40 heavy (non-hydrogen) atoms. The molecule has 0 atom stereocenters. The van der Waals surface area contributed by atoms with E-state index in [1.54, 1.807) is 11.3 Å². The smallest absolute Gasteiger partial charge is 0.216 e. The molecule has 0 amide bonds. The summed E-state index contributed by atoms with van der Waals surface area (Å²) in [4.78, 5) is 13.6. The Morgan fingerprint density at radius 1 is 0.750 bits per heavy atom. The van der Waals surface area contributed by atoms with Crippen molar-refractivity contribution in [2.24, 2.45) is 0 Å². The molecule has 0 saturated heterocycles. The van der Waals surface area contributed by atoms with Crippen LogP contribution in [0.25, 0.3) is 54.7 Å². The summed E-state index contributed by atoms with van der Waals surface area (Å²) in [5.41, 5.74) is 11.2. The largest absolute Gasteiger partial charge is 0.486 e. The first-order valence-electron chi connectivity index (χ1n) is 12.8. The molecular weight excluding hydrogens is 691 g/mol. The second kappa shape index (κ2) is 11.4. The molecule has 7 rings (SSSR count). The van der Waals surface area contributed by atoms with Gasteiger partial charge in [0.05, 0.1) is 5.58 Å². The second-order valence-corrected chi connectivity index (χ2v) is 10.8. The van der Waals surface area contributed by atoms with Gasteiger partial charge in [0.15, 0.2) is 0 Å². The van der Waals surface area contributed by atoms with Crippen molar-refractivity contribution in [3.63, 3.8) is 0 Å². The van der Waals surface area contributed by atoms with E-state index in [0.717, 1.165) is 44.6 Å². The molecule has 201 valence electrons. The van der Waals surface area contributed by atoms with Crippen molar-refractivity contribution in [2.45, 2.75) is 34.6 Å². The van der Waals surface area contributed by atoms with E-state index in [2.05, 4.69) is 90.5 Å². The van der Waals surface area contributed by atoms with Crippen LogP contribution >= 0.6 is 11.3 Å². The number of hydrogen-bond acceptors (Lipinski definition) is 5. The van der Waals surface area contributed by atoms with E-state index in [0.29, 0.717) is 5.71 Å². The van der Waals surface area contributed by atoms with Gasteiger partial charge >= 0.3 is 0 Å². The van der Waals surface area contributed by atoms with Gasteiger partial charge in [-0.25, -0.2) is 4.98 Å². The van der Waals surface area contributed by atoms with Gasteiger partial charge in [-0.1, -0.05) is 35.6 Å². The van der Waals surface area contributed by atoms with Gasteiger partial charge in [0.25, 0.3) is 0 Å².